The quantitative estimate of drug-likeness (QED) is 0.300. The van der Waals surface area contributed by atoms with E-state index in [9.17, 15) is 14.4 Å². The fourth-order valence-electron chi connectivity index (χ4n) is 3.36. The van der Waals surface area contributed by atoms with Crippen LogP contribution >= 0.6 is 11.6 Å². The number of benzene rings is 3. The molecule has 0 atom stereocenters. The van der Waals surface area contributed by atoms with Crippen LogP contribution in [0.5, 0.6) is 11.5 Å². The van der Waals surface area contributed by atoms with Crippen LogP contribution in [0.25, 0.3) is 6.08 Å². The highest BCUT2D eigenvalue weighted by Gasteiger charge is 2.37. The van der Waals surface area contributed by atoms with Crippen LogP contribution < -0.4 is 19.7 Å². The number of halogens is 1. The molecule has 0 saturated carbocycles. The van der Waals surface area contributed by atoms with E-state index in [0.29, 0.717) is 28.7 Å². The van der Waals surface area contributed by atoms with Crippen LogP contribution in [-0.2, 0) is 16.2 Å². The number of amides is 4. The Labute approximate surface area is 206 Å². The first-order chi connectivity index (χ1) is 17.0. The maximum atomic E-state index is 13.2. The van der Waals surface area contributed by atoms with E-state index in [-0.39, 0.29) is 17.9 Å². The van der Waals surface area contributed by atoms with Gasteiger partial charge in [0.15, 0.2) is 0 Å². The smallest absolute Gasteiger partial charge is 0.335 e. The van der Waals surface area contributed by atoms with E-state index in [1.807, 2.05) is 30.3 Å². The first-order valence-electron chi connectivity index (χ1n) is 10.5. The molecule has 174 valence electrons. The van der Waals surface area contributed by atoms with E-state index in [0.717, 1.165) is 10.5 Å². The molecule has 0 bridgehead atoms. The van der Waals surface area contributed by atoms with Crippen molar-refractivity contribution in [3.8, 4) is 23.8 Å². The summed E-state index contributed by atoms with van der Waals surface area (Å²) in [6.07, 6.45) is 6.57. The van der Waals surface area contributed by atoms with Gasteiger partial charge in [-0.2, -0.15) is 0 Å². The van der Waals surface area contributed by atoms with Crippen LogP contribution in [0, 0.1) is 12.3 Å². The average molecular weight is 487 g/mol. The number of barbiturate groups is 1. The molecule has 0 unspecified atom stereocenters. The fraction of sp³-hybridized carbons (Fsp3) is 0.0741. The number of nitrogens with one attached hydrogen (secondary N) is 1. The first kappa shape index (κ1) is 23.6. The number of hydrogen-bond acceptors (Lipinski definition) is 5. The van der Waals surface area contributed by atoms with Crippen molar-refractivity contribution >= 4 is 41.2 Å². The highest BCUT2D eigenvalue weighted by molar-refractivity contribution is 6.39. The minimum absolute atomic E-state index is 0.0126. The molecule has 1 heterocycles. The number of anilines is 1. The average Bonchev–Trinajstić information content (AvgIpc) is 2.86. The van der Waals surface area contributed by atoms with Gasteiger partial charge in [0.05, 0.1) is 5.69 Å². The second-order valence-corrected chi connectivity index (χ2v) is 7.84. The van der Waals surface area contributed by atoms with Gasteiger partial charge in [-0.25, -0.2) is 9.69 Å². The Morgan fingerprint density at radius 1 is 0.971 bits per heavy atom. The third kappa shape index (κ3) is 5.52. The van der Waals surface area contributed by atoms with Gasteiger partial charge in [-0.3, -0.25) is 14.9 Å². The van der Waals surface area contributed by atoms with Crippen molar-refractivity contribution in [3.63, 3.8) is 0 Å². The molecular weight excluding hydrogens is 468 g/mol. The maximum absolute atomic E-state index is 13.2. The first-order valence-corrected chi connectivity index (χ1v) is 10.9. The Balaban J connectivity index is 1.58. The summed E-state index contributed by atoms with van der Waals surface area (Å²) in [5.74, 6) is 1.62. The summed E-state index contributed by atoms with van der Waals surface area (Å²) in [5.41, 5.74) is 1.38. The molecule has 1 aliphatic heterocycles. The SMILES string of the molecule is C#CCOc1ccc(Cl)cc1/C=C1\C(=O)NC(=O)N(c2ccc(OCc3ccccc3)cc2)C1=O. The lowest BCUT2D eigenvalue weighted by molar-refractivity contribution is -0.122. The van der Waals surface area contributed by atoms with Crippen molar-refractivity contribution in [1.29, 1.82) is 0 Å². The Bertz CT molecular complexity index is 1340. The number of terminal acetylenes is 1. The summed E-state index contributed by atoms with van der Waals surface area (Å²) in [4.78, 5) is 39.1. The third-order valence-corrected chi connectivity index (χ3v) is 5.26. The van der Waals surface area contributed by atoms with Gasteiger partial charge in [0.2, 0.25) is 0 Å². The molecule has 4 rings (SSSR count). The van der Waals surface area contributed by atoms with E-state index in [1.165, 1.54) is 12.1 Å². The maximum Gasteiger partial charge on any atom is 0.335 e. The molecule has 0 radical (unpaired) electrons. The largest absolute Gasteiger partial charge is 0.489 e. The van der Waals surface area contributed by atoms with Gasteiger partial charge < -0.3 is 9.47 Å². The van der Waals surface area contributed by atoms with Gasteiger partial charge in [-0.1, -0.05) is 47.9 Å². The van der Waals surface area contributed by atoms with E-state index in [4.69, 9.17) is 27.5 Å². The number of hydrogen-bond donors (Lipinski definition) is 1. The lowest BCUT2D eigenvalue weighted by Crippen LogP contribution is -2.54. The zero-order chi connectivity index (χ0) is 24.8. The van der Waals surface area contributed by atoms with Crippen LogP contribution in [-0.4, -0.2) is 24.5 Å². The van der Waals surface area contributed by atoms with Gasteiger partial charge in [-0.05, 0) is 54.1 Å². The van der Waals surface area contributed by atoms with Crippen molar-refractivity contribution in [1.82, 2.24) is 5.32 Å². The molecule has 4 amide bonds. The lowest BCUT2D eigenvalue weighted by atomic mass is 10.1. The van der Waals surface area contributed by atoms with Crippen molar-refractivity contribution in [2.24, 2.45) is 0 Å². The molecule has 3 aromatic rings. The zero-order valence-corrected chi connectivity index (χ0v) is 19.1. The fourth-order valence-corrected chi connectivity index (χ4v) is 3.54. The van der Waals surface area contributed by atoms with Crippen molar-refractivity contribution < 1.29 is 23.9 Å². The number of ether oxygens (including phenoxy) is 2. The molecule has 35 heavy (non-hydrogen) atoms. The number of carbonyl (C=O) groups excluding carboxylic acids is 3. The molecule has 0 aromatic heterocycles. The topological polar surface area (TPSA) is 84.9 Å². The number of imide groups is 2. The number of nitrogens with zero attached hydrogens (tertiary/aromatic N) is 1. The Morgan fingerprint density at radius 2 is 1.71 bits per heavy atom. The van der Waals surface area contributed by atoms with Gasteiger partial charge >= 0.3 is 6.03 Å². The second kappa shape index (κ2) is 10.6. The normalized spacial score (nSPS) is 14.5. The summed E-state index contributed by atoms with van der Waals surface area (Å²) in [6.45, 7) is 0.357. The molecule has 0 aliphatic carbocycles. The van der Waals surface area contributed by atoms with Crippen LogP contribution in [0.1, 0.15) is 11.1 Å². The van der Waals surface area contributed by atoms with Crippen molar-refractivity contribution in [2.45, 2.75) is 6.61 Å². The van der Waals surface area contributed by atoms with Crippen LogP contribution in [0.4, 0.5) is 10.5 Å². The molecule has 3 aromatic carbocycles. The van der Waals surface area contributed by atoms with E-state index >= 15 is 0 Å². The predicted molar refractivity (Wildman–Crippen MR) is 132 cm³/mol. The minimum atomic E-state index is -0.856. The van der Waals surface area contributed by atoms with Gasteiger partial charge in [0, 0.05) is 10.6 Å². The zero-order valence-electron chi connectivity index (χ0n) is 18.4. The molecule has 1 saturated heterocycles. The Morgan fingerprint density at radius 3 is 2.43 bits per heavy atom. The van der Waals surface area contributed by atoms with Gasteiger partial charge in [0.1, 0.15) is 30.3 Å². The van der Waals surface area contributed by atoms with E-state index < -0.39 is 17.8 Å². The second-order valence-electron chi connectivity index (χ2n) is 7.40. The molecule has 1 N–H and O–H groups in total. The Hall–Kier alpha value is -4.54. The lowest BCUT2D eigenvalue weighted by Gasteiger charge is -2.26. The van der Waals surface area contributed by atoms with Crippen molar-refractivity contribution in [2.75, 3.05) is 11.5 Å². The highest BCUT2D eigenvalue weighted by Crippen LogP contribution is 2.28. The summed E-state index contributed by atoms with van der Waals surface area (Å²) in [7, 11) is 0. The van der Waals surface area contributed by atoms with Crippen molar-refractivity contribution in [3.05, 3.63) is 94.5 Å². The monoisotopic (exact) mass is 486 g/mol. The molecule has 8 heteroatoms. The van der Waals surface area contributed by atoms with Gasteiger partial charge in [0.25, 0.3) is 11.8 Å². The summed E-state index contributed by atoms with van der Waals surface area (Å²) < 4.78 is 11.2. The molecule has 0 spiro atoms. The van der Waals surface area contributed by atoms with Crippen LogP contribution in [0.3, 0.4) is 0 Å². The minimum Gasteiger partial charge on any atom is -0.489 e. The Kier molecular flexibility index (Phi) is 7.15. The van der Waals surface area contributed by atoms with Gasteiger partial charge in [-0.15, -0.1) is 6.42 Å². The predicted octanol–water partition coefficient (Wildman–Crippen LogP) is 4.60. The molecule has 7 nitrogen and oxygen atoms in total. The number of rotatable bonds is 7. The van der Waals surface area contributed by atoms with Crippen LogP contribution in [0.15, 0.2) is 78.4 Å². The third-order valence-electron chi connectivity index (χ3n) is 5.03. The van der Waals surface area contributed by atoms with E-state index in [1.54, 1.807) is 36.4 Å². The van der Waals surface area contributed by atoms with E-state index in [2.05, 4.69) is 11.2 Å². The summed E-state index contributed by atoms with van der Waals surface area (Å²) >= 11 is 6.08. The van der Waals surface area contributed by atoms with Crippen LogP contribution in [0.2, 0.25) is 5.02 Å². The highest BCUT2D eigenvalue weighted by atomic mass is 35.5. The molecule has 1 fully saturated rings. The molecular formula is C27H19ClN2O5. The number of carbonyl (C=O) groups is 3. The standard InChI is InChI=1S/C27H19ClN2O5/c1-2-14-34-24-13-8-20(28)15-19(24)16-23-25(31)29-27(33)30(26(23)32)21-9-11-22(12-10-21)35-17-18-6-4-3-5-7-18/h1,3-13,15-16H,14,17H2,(H,29,31,33)/b23-16+. The molecule has 1 aliphatic rings. The summed E-state index contributed by atoms with van der Waals surface area (Å²) in [6, 6.07) is 19.9. The summed E-state index contributed by atoms with van der Waals surface area (Å²) in [5, 5.41) is 2.56. The number of urea groups is 1.